The lowest BCUT2D eigenvalue weighted by molar-refractivity contribution is 0.121. The molecule has 42 heavy (non-hydrogen) atoms. The molecule has 0 saturated carbocycles. The fourth-order valence-corrected chi connectivity index (χ4v) is 6.75. The molecule has 1 atom stereocenters. The van der Waals surface area contributed by atoms with Gasteiger partial charge in [0.1, 0.15) is 17.3 Å². The topological polar surface area (TPSA) is 92.4 Å². The molecule has 1 aliphatic heterocycles. The van der Waals surface area contributed by atoms with E-state index in [1.807, 2.05) is 48.9 Å². The summed E-state index contributed by atoms with van der Waals surface area (Å²) in [5.74, 6) is 0. The number of hydrogen-bond donors (Lipinski definition) is 2. The summed E-state index contributed by atoms with van der Waals surface area (Å²) >= 11 is 1.68. The van der Waals surface area contributed by atoms with Gasteiger partial charge in [-0.3, -0.25) is 0 Å². The molecule has 0 spiro atoms. The number of pyridine rings is 1. The molecule has 0 bridgehead atoms. The molecular formula is C32H45N5O3SSi. The maximum Gasteiger partial charge on any atom is 0.407 e. The van der Waals surface area contributed by atoms with Crippen molar-refractivity contribution in [2.24, 2.45) is 0 Å². The van der Waals surface area contributed by atoms with E-state index in [-0.39, 0.29) is 18.2 Å². The molecule has 1 aromatic carbocycles. The van der Waals surface area contributed by atoms with Gasteiger partial charge in [-0.15, -0.1) is 11.3 Å². The summed E-state index contributed by atoms with van der Waals surface area (Å²) in [7, 11) is 0.961. The molecule has 4 aromatic rings. The number of H-pyrrole nitrogens is 1. The number of nitrogens with zero attached hydrogens (tertiary/aromatic N) is 3. The Labute approximate surface area is 254 Å². The molecule has 226 valence electrons. The van der Waals surface area contributed by atoms with Crippen LogP contribution in [0, 0.1) is 6.92 Å². The molecule has 5 rings (SSSR count). The predicted molar refractivity (Wildman–Crippen MR) is 176 cm³/mol. The van der Waals surface area contributed by atoms with Gasteiger partial charge in [-0.2, -0.15) is 0 Å². The number of thiazole rings is 1. The molecule has 8 nitrogen and oxygen atoms in total. The van der Waals surface area contributed by atoms with Crippen molar-refractivity contribution in [2.75, 3.05) is 31.7 Å². The lowest BCUT2D eigenvalue weighted by atomic mass is 9.86. The van der Waals surface area contributed by atoms with Crippen molar-refractivity contribution in [3.8, 4) is 10.6 Å². The number of piperidine rings is 1. The van der Waals surface area contributed by atoms with Crippen molar-refractivity contribution in [3.05, 3.63) is 65.4 Å². The lowest BCUT2D eigenvalue weighted by Gasteiger charge is -2.43. The Kier molecular flexibility index (Phi) is 10.8. The van der Waals surface area contributed by atoms with Crippen LogP contribution in [0.5, 0.6) is 0 Å². The van der Waals surface area contributed by atoms with E-state index in [2.05, 4.69) is 64.7 Å². The Morgan fingerprint density at radius 3 is 2.62 bits per heavy atom. The van der Waals surface area contributed by atoms with E-state index in [9.17, 15) is 4.79 Å². The van der Waals surface area contributed by atoms with Crippen molar-refractivity contribution < 1.29 is 14.3 Å². The molecule has 4 heterocycles. The van der Waals surface area contributed by atoms with E-state index in [4.69, 9.17) is 9.47 Å². The van der Waals surface area contributed by atoms with Gasteiger partial charge < -0.3 is 24.7 Å². The zero-order chi connectivity index (χ0) is 30.2. The van der Waals surface area contributed by atoms with Crippen LogP contribution in [-0.2, 0) is 16.1 Å². The average Bonchev–Trinajstić information content (AvgIpc) is 3.61. The number of aromatic amines is 1. The number of carbonyl (C=O) groups is 1. The van der Waals surface area contributed by atoms with Gasteiger partial charge in [-0.1, -0.05) is 56.9 Å². The monoisotopic (exact) mass is 607 g/mol. The predicted octanol–water partition coefficient (Wildman–Crippen LogP) is 7.64. The zero-order valence-corrected chi connectivity index (χ0v) is 27.6. The van der Waals surface area contributed by atoms with Crippen molar-refractivity contribution >= 4 is 42.2 Å². The number of aryl methyl sites for hydroxylation is 1. The highest BCUT2D eigenvalue weighted by molar-refractivity contribution is 7.15. The largest absolute Gasteiger partial charge is 0.445 e. The first-order valence-corrected chi connectivity index (χ1v) is 19.3. The van der Waals surface area contributed by atoms with Crippen LogP contribution >= 0.6 is 11.3 Å². The second-order valence-corrected chi connectivity index (χ2v) is 19.0. The summed E-state index contributed by atoms with van der Waals surface area (Å²) in [6, 6.07) is 13.1. The number of fused-ring (bicyclic) bond motifs is 1. The SMILES string of the molecule is CCC1(NC(=O)OCc2ccccc2)CCCN(c2ccnc3[nH]cc(-c4ncc(C)s4)c23)C1.COCC[Si](C)(C)C. The number of nitrogens with one attached hydrogen (secondary N) is 2. The third-order valence-electron chi connectivity index (χ3n) is 7.63. The smallest absolute Gasteiger partial charge is 0.407 e. The Bertz CT molecular complexity index is 1430. The van der Waals surface area contributed by atoms with Crippen molar-refractivity contribution in [1.82, 2.24) is 20.3 Å². The number of carbonyl (C=O) groups excluding carboxylic acids is 1. The summed E-state index contributed by atoms with van der Waals surface area (Å²) in [5.41, 5.74) is 3.66. The van der Waals surface area contributed by atoms with Crippen LogP contribution in [0.1, 0.15) is 36.6 Å². The maximum atomic E-state index is 12.7. The Balaban J connectivity index is 0.000000446. The molecular weight excluding hydrogens is 563 g/mol. The second kappa shape index (κ2) is 14.3. The molecule has 3 aromatic heterocycles. The fourth-order valence-electron chi connectivity index (χ4n) is 5.15. The van der Waals surface area contributed by atoms with Crippen LogP contribution in [0.15, 0.2) is 55.0 Å². The third-order valence-corrected chi connectivity index (χ3v) is 10.3. The fraction of sp³-hybridized carbons (Fsp3) is 0.469. The quantitative estimate of drug-likeness (QED) is 0.190. The van der Waals surface area contributed by atoms with Gasteiger partial charge in [0.25, 0.3) is 0 Å². The average molecular weight is 608 g/mol. The molecule has 10 heteroatoms. The molecule has 0 aliphatic carbocycles. The molecule has 1 amide bonds. The number of rotatable bonds is 9. The van der Waals surface area contributed by atoms with Crippen LogP contribution in [0.2, 0.25) is 25.7 Å². The molecule has 1 saturated heterocycles. The summed E-state index contributed by atoms with van der Waals surface area (Å²) < 4.78 is 10.5. The van der Waals surface area contributed by atoms with Crippen LogP contribution < -0.4 is 10.2 Å². The van der Waals surface area contributed by atoms with Crippen LogP contribution in [0.25, 0.3) is 21.6 Å². The molecule has 0 radical (unpaired) electrons. The first-order chi connectivity index (χ1) is 20.1. The number of amides is 1. The van der Waals surface area contributed by atoms with E-state index in [1.54, 1.807) is 18.4 Å². The van der Waals surface area contributed by atoms with Crippen molar-refractivity contribution in [3.63, 3.8) is 0 Å². The van der Waals surface area contributed by atoms with Crippen LogP contribution in [-0.4, -0.2) is 61.5 Å². The Morgan fingerprint density at radius 2 is 1.98 bits per heavy atom. The maximum absolute atomic E-state index is 12.7. The summed E-state index contributed by atoms with van der Waals surface area (Å²) in [6.07, 6.45) is 8.09. The van der Waals surface area contributed by atoms with Crippen molar-refractivity contribution in [2.45, 2.75) is 70.9 Å². The minimum Gasteiger partial charge on any atom is -0.445 e. The van der Waals surface area contributed by atoms with Crippen LogP contribution in [0.4, 0.5) is 10.5 Å². The number of methoxy groups -OCH3 is 1. The van der Waals surface area contributed by atoms with Gasteiger partial charge in [-0.05, 0) is 43.9 Å². The lowest BCUT2D eigenvalue weighted by Crippen LogP contribution is -2.58. The van der Waals surface area contributed by atoms with E-state index >= 15 is 0 Å². The summed E-state index contributed by atoms with van der Waals surface area (Å²) in [6.45, 7) is 14.1. The standard InChI is InChI=1S/C26H29N5O2S.C6H16OSi/c1-3-26(30-25(32)33-16-19-8-5-4-6-9-19)11-7-13-31(17-26)21-10-12-27-23-22(21)20(15-28-23)24-29-14-18(2)34-24;1-7-5-6-8(2,3)4/h4-6,8-10,12,14-15H,3,7,11,13,16-17H2,1-2H3,(H,27,28)(H,30,32);5-6H2,1-4H3. The van der Waals surface area contributed by atoms with E-state index in [0.29, 0.717) is 6.54 Å². The van der Waals surface area contributed by atoms with Gasteiger partial charge in [0.05, 0.1) is 16.6 Å². The summed E-state index contributed by atoms with van der Waals surface area (Å²) in [4.78, 5) is 28.7. The van der Waals surface area contributed by atoms with E-state index < -0.39 is 8.07 Å². The molecule has 2 N–H and O–H groups in total. The minimum absolute atomic E-state index is 0.265. The number of benzene rings is 1. The number of ether oxygens (including phenoxy) is 2. The first-order valence-electron chi connectivity index (χ1n) is 14.7. The second-order valence-electron chi connectivity index (χ2n) is 12.2. The molecule has 1 fully saturated rings. The van der Waals surface area contributed by atoms with Gasteiger partial charge in [0, 0.05) is 63.9 Å². The Morgan fingerprint density at radius 1 is 1.19 bits per heavy atom. The highest BCUT2D eigenvalue weighted by Gasteiger charge is 2.37. The van der Waals surface area contributed by atoms with E-state index in [0.717, 1.165) is 65.3 Å². The number of alkyl carbamates (subject to hydrolysis) is 1. The van der Waals surface area contributed by atoms with Gasteiger partial charge in [0.2, 0.25) is 0 Å². The highest BCUT2D eigenvalue weighted by Crippen LogP contribution is 2.38. The zero-order valence-electron chi connectivity index (χ0n) is 25.8. The number of anilines is 1. The minimum atomic E-state index is -0.803. The van der Waals surface area contributed by atoms with Gasteiger partial charge >= 0.3 is 6.09 Å². The van der Waals surface area contributed by atoms with E-state index in [1.165, 1.54) is 10.9 Å². The number of aromatic nitrogens is 3. The van der Waals surface area contributed by atoms with Crippen LogP contribution in [0.3, 0.4) is 0 Å². The number of hydrogen-bond acceptors (Lipinski definition) is 7. The first kappa shape index (κ1) is 31.7. The van der Waals surface area contributed by atoms with Gasteiger partial charge in [-0.25, -0.2) is 14.8 Å². The van der Waals surface area contributed by atoms with Crippen molar-refractivity contribution in [1.29, 1.82) is 0 Å². The normalized spacial score (nSPS) is 17.0. The Hall–Kier alpha value is -3.21. The van der Waals surface area contributed by atoms with Gasteiger partial charge in [0.15, 0.2) is 0 Å². The summed E-state index contributed by atoms with van der Waals surface area (Å²) in [5, 5.41) is 5.27. The third kappa shape index (κ3) is 8.42. The highest BCUT2D eigenvalue weighted by atomic mass is 32.1. The molecule has 1 unspecified atom stereocenters. The molecule has 1 aliphatic rings.